The summed E-state index contributed by atoms with van der Waals surface area (Å²) in [7, 11) is 3.10. The Hall–Kier alpha value is -1.59. The van der Waals surface area contributed by atoms with Gasteiger partial charge in [-0.1, -0.05) is 29.8 Å². The number of Topliss-reactive ketones (excluding diaryl/α,β-unsaturated/α-hetero) is 1. The van der Waals surface area contributed by atoms with Gasteiger partial charge in [-0.25, -0.2) is 4.79 Å². The first-order chi connectivity index (χ1) is 11.6. The number of hydrogen-bond acceptors (Lipinski definition) is 4. The van der Waals surface area contributed by atoms with Crippen LogP contribution in [-0.4, -0.2) is 42.6 Å². The predicted molar refractivity (Wildman–Crippen MR) is 96.8 cm³/mol. The molecule has 0 aliphatic heterocycles. The van der Waals surface area contributed by atoms with E-state index in [4.69, 9.17) is 21.1 Å². The number of ether oxygens (including phenoxy) is 2. The summed E-state index contributed by atoms with van der Waals surface area (Å²) in [6, 6.07) is 7.13. The topological polar surface area (TPSA) is 55.8 Å². The normalized spacial score (nSPS) is 24.1. The number of carbonyl (C=O) groups is 2. The maximum Gasteiger partial charge on any atom is 0.411 e. The molecule has 0 heterocycles. The molecule has 0 spiro atoms. The fourth-order valence-corrected chi connectivity index (χ4v) is 3.64. The molecule has 2 rings (SSSR count). The number of rotatable bonds is 3. The number of likely N-dealkylation sites (N-methyl/N-ethyl adjacent to an activating group) is 1. The summed E-state index contributed by atoms with van der Waals surface area (Å²) >= 11 is 6.41. The molecular weight excluding hydrogens is 342 g/mol. The third kappa shape index (κ3) is 3.82. The molecule has 0 unspecified atom stereocenters. The van der Waals surface area contributed by atoms with E-state index in [-0.39, 0.29) is 5.78 Å². The summed E-state index contributed by atoms with van der Waals surface area (Å²) in [5.74, 6) is -0.164. The van der Waals surface area contributed by atoms with Crippen LogP contribution in [0.2, 0.25) is 5.02 Å². The zero-order valence-electron chi connectivity index (χ0n) is 15.5. The van der Waals surface area contributed by atoms with E-state index in [0.717, 1.165) is 6.42 Å². The molecule has 0 aromatic heterocycles. The monoisotopic (exact) mass is 367 g/mol. The van der Waals surface area contributed by atoms with Gasteiger partial charge in [0.1, 0.15) is 17.2 Å². The molecule has 1 amide bonds. The van der Waals surface area contributed by atoms with Crippen molar-refractivity contribution in [2.45, 2.75) is 57.3 Å². The predicted octanol–water partition coefficient (Wildman–Crippen LogP) is 4.17. The van der Waals surface area contributed by atoms with Crippen molar-refractivity contribution < 1.29 is 19.1 Å². The summed E-state index contributed by atoms with van der Waals surface area (Å²) in [6.45, 7) is 5.38. The zero-order chi connectivity index (χ0) is 18.8. The molecule has 1 aliphatic rings. The Morgan fingerprint density at radius 3 is 2.52 bits per heavy atom. The lowest BCUT2D eigenvalue weighted by molar-refractivity contribution is -0.146. The van der Waals surface area contributed by atoms with Crippen molar-refractivity contribution in [1.82, 2.24) is 4.90 Å². The molecule has 1 aliphatic carbocycles. The van der Waals surface area contributed by atoms with Gasteiger partial charge in [0.05, 0.1) is 0 Å². The van der Waals surface area contributed by atoms with E-state index in [2.05, 4.69) is 0 Å². The van der Waals surface area contributed by atoms with Crippen LogP contribution in [0.1, 0.15) is 45.6 Å². The molecule has 1 fully saturated rings. The summed E-state index contributed by atoms with van der Waals surface area (Å²) in [6.07, 6.45) is 0.713. The first kappa shape index (κ1) is 19.7. The minimum absolute atomic E-state index is 0.164. The van der Waals surface area contributed by atoms with Crippen molar-refractivity contribution in [1.29, 1.82) is 0 Å². The van der Waals surface area contributed by atoms with E-state index in [1.165, 1.54) is 12.0 Å². The molecule has 0 radical (unpaired) electrons. The highest BCUT2D eigenvalue weighted by molar-refractivity contribution is 6.31. The number of ketones is 1. The lowest BCUT2D eigenvalue weighted by Gasteiger charge is -2.45. The number of nitrogens with zero attached hydrogens (tertiary/aromatic N) is 1. The Bertz CT molecular complexity index is 655. The van der Waals surface area contributed by atoms with Crippen LogP contribution >= 0.6 is 11.6 Å². The number of amides is 1. The molecule has 6 heteroatoms. The largest absolute Gasteiger partial charge is 0.444 e. The van der Waals surface area contributed by atoms with Crippen LogP contribution in [0.15, 0.2) is 24.3 Å². The van der Waals surface area contributed by atoms with E-state index < -0.39 is 23.3 Å². The number of hydrogen-bond donors (Lipinski definition) is 0. The Morgan fingerprint density at radius 2 is 1.96 bits per heavy atom. The zero-order valence-corrected chi connectivity index (χ0v) is 16.2. The molecule has 138 valence electrons. The van der Waals surface area contributed by atoms with Gasteiger partial charge in [0.25, 0.3) is 0 Å². The second-order valence-corrected chi connectivity index (χ2v) is 7.77. The standard InChI is InChI=1S/C19H26ClNO4/c1-18(2,3)25-17(23)21(4)19(13-9-6-7-10-14(13)20)12-8-11-15(24-5)16(19)22/h6-7,9-10,15H,8,11-12H2,1-5H3/t15-,19-/m1/s1. The highest BCUT2D eigenvalue weighted by Gasteiger charge is 2.52. The maximum absolute atomic E-state index is 13.3. The second kappa shape index (κ2) is 7.34. The Morgan fingerprint density at radius 1 is 1.32 bits per heavy atom. The summed E-state index contributed by atoms with van der Waals surface area (Å²) in [4.78, 5) is 27.4. The van der Waals surface area contributed by atoms with Crippen LogP contribution in [0.5, 0.6) is 0 Å². The van der Waals surface area contributed by atoms with Gasteiger partial charge in [-0.05, 0) is 46.1 Å². The van der Waals surface area contributed by atoms with Gasteiger partial charge in [-0.2, -0.15) is 0 Å². The van der Waals surface area contributed by atoms with E-state index in [9.17, 15) is 9.59 Å². The van der Waals surface area contributed by atoms with Gasteiger partial charge >= 0.3 is 6.09 Å². The number of benzene rings is 1. The van der Waals surface area contributed by atoms with Crippen molar-refractivity contribution in [2.75, 3.05) is 14.2 Å². The minimum Gasteiger partial charge on any atom is -0.444 e. The molecule has 0 bridgehead atoms. The molecule has 2 atom stereocenters. The summed E-state index contributed by atoms with van der Waals surface area (Å²) in [5.41, 5.74) is -1.25. The lowest BCUT2D eigenvalue weighted by Crippen LogP contribution is -2.59. The van der Waals surface area contributed by atoms with Crippen molar-refractivity contribution in [3.63, 3.8) is 0 Å². The van der Waals surface area contributed by atoms with Crippen LogP contribution in [0, 0.1) is 0 Å². The average Bonchev–Trinajstić information content (AvgIpc) is 2.54. The molecule has 25 heavy (non-hydrogen) atoms. The third-order valence-electron chi connectivity index (χ3n) is 4.55. The van der Waals surface area contributed by atoms with Gasteiger partial charge < -0.3 is 9.47 Å². The van der Waals surface area contributed by atoms with Gasteiger partial charge in [0, 0.05) is 24.7 Å². The van der Waals surface area contributed by atoms with Crippen LogP contribution in [0.3, 0.4) is 0 Å². The highest BCUT2D eigenvalue weighted by atomic mass is 35.5. The summed E-state index contributed by atoms with van der Waals surface area (Å²) in [5, 5.41) is 0.447. The van der Waals surface area contributed by atoms with Crippen molar-refractivity contribution in [3.8, 4) is 0 Å². The first-order valence-electron chi connectivity index (χ1n) is 8.42. The van der Waals surface area contributed by atoms with Crippen LogP contribution in [0.4, 0.5) is 4.79 Å². The Labute approximate surface area is 154 Å². The SMILES string of the molecule is CO[C@@H]1CCC[C@](c2ccccc2Cl)(N(C)C(=O)OC(C)(C)C)C1=O. The van der Waals surface area contributed by atoms with E-state index >= 15 is 0 Å². The summed E-state index contributed by atoms with van der Waals surface area (Å²) < 4.78 is 10.9. The quantitative estimate of drug-likeness (QED) is 0.804. The third-order valence-corrected chi connectivity index (χ3v) is 4.88. The molecular formula is C19H26ClNO4. The van der Waals surface area contributed by atoms with Crippen molar-refractivity contribution >= 4 is 23.5 Å². The van der Waals surface area contributed by atoms with Gasteiger partial charge in [-0.15, -0.1) is 0 Å². The molecule has 1 aromatic rings. The molecule has 1 saturated carbocycles. The second-order valence-electron chi connectivity index (χ2n) is 7.36. The number of halogens is 1. The van der Waals surface area contributed by atoms with Gasteiger partial charge in [0.15, 0.2) is 5.78 Å². The van der Waals surface area contributed by atoms with E-state index in [0.29, 0.717) is 23.4 Å². The highest BCUT2D eigenvalue weighted by Crippen LogP contribution is 2.43. The fraction of sp³-hybridized carbons (Fsp3) is 0.579. The van der Waals surface area contributed by atoms with Crippen molar-refractivity contribution in [2.24, 2.45) is 0 Å². The van der Waals surface area contributed by atoms with Crippen molar-refractivity contribution in [3.05, 3.63) is 34.9 Å². The minimum atomic E-state index is -1.19. The van der Waals surface area contributed by atoms with E-state index in [1.54, 1.807) is 46.0 Å². The van der Waals surface area contributed by atoms with Crippen LogP contribution in [0.25, 0.3) is 0 Å². The Balaban J connectivity index is 2.55. The van der Waals surface area contributed by atoms with Crippen LogP contribution in [-0.2, 0) is 19.8 Å². The molecule has 5 nitrogen and oxygen atoms in total. The smallest absolute Gasteiger partial charge is 0.411 e. The average molecular weight is 368 g/mol. The maximum atomic E-state index is 13.3. The van der Waals surface area contributed by atoms with Gasteiger partial charge in [-0.3, -0.25) is 9.69 Å². The number of methoxy groups -OCH3 is 1. The Kier molecular flexibility index (Phi) is 5.79. The molecule has 0 N–H and O–H groups in total. The van der Waals surface area contributed by atoms with Crippen LogP contribution < -0.4 is 0 Å². The molecule has 0 saturated heterocycles. The van der Waals surface area contributed by atoms with Gasteiger partial charge in [0.2, 0.25) is 0 Å². The fourth-order valence-electron chi connectivity index (χ4n) is 3.35. The van der Waals surface area contributed by atoms with E-state index in [1.807, 2.05) is 6.07 Å². The number of carbonyl (C=O) groups excluding carboxylic acids is 2. The molecule has 1 aromatic carbocycles. The lowest BCUT2D eigenvalue weighted by atomic mass is 9.73. The first-order valence-corrected chi connectivity index (χ1v) is 8.80.